The minimum absolute atomic E-state index is 0.103. The predicted molar refractivity (Wildman–Crippen MR) is 122 cm³/mol. The molecule has 32 heavy (non-hydrogen) atoms. The quantitative estimate of drug-likeness (QED) is 0.465. The summed E-state index contributed by atoms with van der Waals surface area (Å²) < 4.78 is 5.77. The van der Waals surface area contributed by atoms with Crippen molar-refractivity contribution in [2.24, 2.45) is 0 Å². The Bertz CT molecular complexity index is 1180. The highest BCUT2D eigenvalue weighted by Crippen LogP contribution is 2.26. The van der Waals surface area contributed by atoms with Crippen molar-refractivity contribution in [2.75, 3.05) is 4.90 Å². The smallest absolute Gasteiger partial charge is 0.335 e. The first-order chi connectivity index (χ1) is 15.6. The van der Waals surface area contributed by atoms with Gasteiger partial charge in [0.15, 0.2) is 0 Å². The Hall–Kier alpha value is -4.19. The molecule has 0 saturated carbocycles. The molecule has 1 N–H and O–H groups in total. The topological polar surface area (TPSA) is 75.7 Å². The fourth-order valence-electron chi connectivity index (χ4n) is 3.47. The molecule has 0 unspecified atom stereocenters. The number of barbiturate groups is 1. The maximum Gasteiger partial charge on any atom is 0.335 e. The van der Waals surface area contributed by atoms with Crippen molar-refractivity contribution in [1.29, 1.82) is 0 Å². The third kappa shape index (κ3) is 4.44. The van der Waals surface area contributed by atoms with Gasteiger partial charge in [-0.15, -0.1) is 0 Å². The number of carbonyl (C=O) groups excluding carboxylic acids is 3. The molecule has 4 amide bonds. The van der Waals surface area contributed by atoms with Crippen molar-refractivity contribution in [2.45, 2.75) is 20.0 Å². The molecule has 0 bridgehead atoms. The number of nitrogens with zero attached hydrogens (tertiary/aromatic N) is 1. The molecule has 160 valence electrons. The Labute approximate surface area is 186 Å². The Kier molecular flexibility index (Phi) is 6.12. The molecule has 0 atom stereocenters. The highest BCUT2D eigenvalue weighted by molar-refractivity contribution is 6.39. The van der Waals surface area contributed by atoms with Crippen molar-refractivity contribution in [3.05, 3.63) is 101 Å². The zero-order chi connectivity index (χ0) is 22.5. The van der Waals surface area contributed by atoms with Crippen LogP contribution in [-0.2, 0) is 22.6 Å². The number of ether oxygens (including phenoxy) is 1. The van der Waals surface area contributed by atoms with E-state index < -0.39 is 17.8 Å². The van der Waals surface area contributed by atoms with Gasteiger partial charge in [-0.3, -0.25) is 14.9 Å². The third-order valence-corrected chi connectivity index (χ3v) is 5.15. The molecule has 1 aliphatic rings. The van der Waals surface area contributed by atoms with E-state index in [-0.39, 0.29) is 5.57 Å². The number of anilines is 1. The first-order valence-electron chi connectivity index (χ1n) is 10.3. The number of urea groups is 1. The second-order valence-corrected chi connectivity index (χ2v) is 7.28. The maximum atomic E-state index is 13.1. The predicted octanol–water partition coefficient (Wildman–Crippen LogP) is 4.49. The number of rotatable bonds is 6. The van der Waals surface area contributed by atoms with E-state index in [2.05, 4.69) is 5.32 Å². The second-order valence-electron chi connectivity index (χ2n) is 7.28. The number of para-hydroxylation sites is 1. The summed E-state index contributed by atoms with van der Waals surface area (Å²) in [6.45, 7) is 2.38. The molecule has 1 fully saturated rings. The molecule has 6 heteroatoms. The first kappa shape index (κ1) is 21.1. The van der Waals surface area contributed by atoms with Crippen molar-refractivity contribution in [3.8, 4) is 5.75 Å². The Morgan fingerprint density at radius 2 is 1.56 bits per heavy atom. The van der Waals surface area contributed by atoms with E-state index in [1.165, 1.54) is 6.08 Å². The van der Waals surface area contributed by atoms with E-state index in [1.807, 2.05) is 49.4 Å². The summed E-state index contributed by atoms with van der Waals surface area (Å²) in [4.78, 5) is 39.0. The van der Waals surface area contributed by atoms with Crippen molar-refractivity contribution < 1.29 is 19.1 Å². The van der Waals surface area contributed by atoms with Crippen LogP contribution in [0.1, 0.15) is 23.6 Å². The van der Waals surface area contributed by atoms with E-state index in [0.717, 1.165) is 16.0 Å². The highest BCUT2D eigenvalue weighted by Gasteiger charge is 2.37. The number of nitrogens with one attached hydrogen (secondary N) is 1. The van der Waals surface area contributed by atoms with Gasteiger partial charge in [0.1, 0.15) is 17.9 Å². The van der Waals surface area contributed by atoms with E-state index in [4.69, 9.17) is 4.74 Å². The maximum absolute atomic E-state index is 13.1. The summed E-state index contributed by atoms with van der Waals surface area (Å²) in [6.07, 6.45) is 2.12. The normalized spacial score (nSPS) is 15.1. The molecular weight excluding hydrogens is 404 g/mol. The second kappa shape index (κ2) is 9.31. The summed E-state index contributed by atoms with van der Waals surface area (Å²) in [5.74, 6) is -0.692. The van der Waals surface area contributed by atoms with Gasteiger partial charge in [0.25, 0.3) is 11.8 Å². The largest absolute Gasteiger partial charge is 0.489 e. The molecule has 0 radical (unpaired) electrons. The average molecular weight is 426 g/mol. The molecule has 6 nitrogen and oxygen atoms in total. The van der Waals surface area contributed by atoms with Gasteiger partial charge in [0.2, 0.25) is 0 Å². The van der Waals surface area contributed by atoms with Crippen LogP contribution in [0.15, 0.2) is 84.4 Å². The van der Waals surface area contributed by atoms with Gasteiger partial charge in [-0.2, -0.15) is 0 Å². The van der Waals surface area contributed by atoms with Crippen LogP contribution in [0, 0.1) is 0 Å². The van der Waals surface area contributed by atoms with Crippen molar-refractivity contribution >= 4 is 29.6 Å². The van der Waals surface area contributed by atoms with Gasteiger partial charge < -0.3 is 4.74 Å². The van der Waals surface area contributed by atoms with Crippen molar-refractivity contribution in [1.82, 2.24) is 5.32 Å². The van der Waals surface area contributed by atoms with Crippen LogP contribution in [0.25, 0.3) is 6.08 Å². The van der Waals surface area contributed by atoms with E-state index in [0.29, 0.717) is 30.0 Å². The molecule has 1 saturated heterocycles. The molecule has 0 aromatic heterocycles. The van der Waals surface area contributed by atoms with E-state index in [1.54, 1.807) is 36.4 Å². The molecule has 0 spiro atoms. The van der Waals surface area contributed by atoms with Crippen LogP contribution < -0.4 is 15.0 Å². The lowest BCUT2D eigenvalue weighted by atomic mass is 10.0. The number of hydrogen-bond acceptors (Lipinski definition) is 4. The molecule has 1 heterocycles. The number of benzene rings is 3. The van der Waals surface area contributed by atoms with Crippen LogP contribution in [-0.4, -0.2) is 17.8 Å². The number of amides is 4. The third-order valence-electron chi connectivity index (χ3n) is 5.15. The fraction of sp³-hybridized carbons (Fsp3) is 0.115. The lowest BCUT2D eigenvalue weighted by Gasteiger charge is -2.27. The highest BCUT2D eigenvalue weighted by atomic mass is 16.5. The lowest BCUT2D eigenvalue weighted by Crippen LogP contribution is -2.54. The summed E-state index contributed by atoms with van der Waals surface area (Å²) in [6, 6.07) is 23.3. The van der Waals surface area contributed by atoms with Crippen LogP contribution in [0.3, 0.4) is 0 Å². The number of imide groups is 2. The average Bonchev–Trinajstić information content (AvgIpc) is 2.82. The summed E-state index contributed by atoms with van der Waals surface area (Å²) >= 11 is 0. The minimum atomic E-state index is -0.747. The van der Waals surface area contributed by atoms with Crippen LogP contribution in [0.5, 0.6) is 5.75 Å². The molecule has 3 aromatic carbocycles. The number of carbonyl (C=O) groups is 3. The molecule has 3 aromatic rings. The first-order valence-corrected chi connectivity index (χ1v) is 10.3. The van der Waals surface area contributed by atoms with Gasteiger partial charge in [0, 0.05) is 0 Å². The van der Waals surface area contributed by atoms with Gasteiger partial charge >= 0.3 is 6.03 Å². The van der Waals surface area contributed by atoms with Gasteiger partial charge in [-0.05, 0) is 47.4 Å². The van der Waals surface area contributed by atoms with E-state index in [9.17, 15) is 14.4 Å². The van der Waals surface area contributed by atoms with Gasteiger partial charge in [-0.25, -0.2) is 9.69 Å². The Morgan fingerprint density at radius 3 is 2.28 bits per heavy atom. The molecule has 4 rings (SSSR count). The number of hydrogen-bond donors (Lipinski definition) is 1. The SMILES string of the molecule is CCc1ccccc1N1C(=O)NC(=O)/C(=C/c2ccc(OCc3ccccc3)cc2)C1=O. The minimum Gasteiger partial charge on any atom is -0.489 e. The molecule has 1 aliphatic heterocycles. The summed E-state index contributed by atoms with van der Waals surface area (Å²) in [5.41, 5.74) is 2.91. The zero-order valence-electron chi connectivity index (χ0n) is 17.6. The monoisotopic (exact) mass is 426 g/mol. The van der Waals surface area contributed by atoms with Gasteiger partial charge in [0.05, 0.1) is 5.69 Å². The summed E-state index contributed by atoms with van der Waals surface area (Å²) in [7, 11) is 0. The standard InChI is InChI=1S/C26H22N2O4/c1-2-20-10-6-7-11-23(20)28-25(30)22(24(29)27-26(28)31)16-18-12-14-21(15-13-18)32-17-19-8-4-3-5-9-19/h3-16H,2,17H2,1H3,(H,27,29,31)/b22-16-. The molecular formula is C26H22N2O4. The zero-order valence-corrected chi connectivity index (χ0v) is 17.6. The Balaban J connectivity index is 1.55. The van der Waals surface area contributed by atoms with E-state index >= 15 is 0 Å². The summed E-state index contributed by atoms with van der Waals surface area (Å²) in [5, 5.41) is 2.26. The van der Waals surface area contributed by atoms with Crippen LogP contribution >= 0.6 is 0 Å². The van der Waals surface area contributed by atoms with Crippen LogP contribution in [0.2, 0.25) is 0 Å². The van der Waals surface area contributed by atoms with Gasteiger partial charge in [-0.1, -0.05) is 67.6 Å². The lowest BCUT2D eigenvalue weighted by molar-refractivity contribution is -0.122. The Morgan fingerprint density at radius 1 is 0.875 bits per heavy atom. The van der Waals surface area contributed by atoms with Crippen molar-refractivity contribution in [3.63, 3.8) is 0 Å². The fourth-order valence-corrected chi connectivity index (χ4v) is 3.47. The number of aryl methyl sites for hydroxylation is 1. The van der Waals surface area contributed by atoms with Crippen LogP contribution in [0.4, 0.5) is 10.5 Å². The molecule has 0 aliphatic carbocycles.